The molecule has 2 bridgehead atoms. The Morgan fingerprint density at radius 2 is 2.06 bits per heavy atom. The van der Waals surface area contributed by atoms with Crippen LogP contribution in [0.4, 0.5) is 0 Å². The van der Waals surface area contributed by atoms with Gasteiger partial charge in [0.15, 0.2) is 0 Å². The lowest BCUT2D eigenvalue weighted by molar-refractivity contribution is -0.131. The van der Waals surface area contributed by atoms with Crippen molar-refractivity contribution in [1.29, 1.82) is 0 Å². The molecule has 3 nitrogen and oxygen atoms in total. The lowest BCUT2D eigenvalue weighted by Crippen LogP contribution is -2.49. The van der Waals surface area contributed by atoms with Crippen molar-refractivity contribution in [3.8, 4) is 0 Å². The molecule has 0 aromatic carbocycles. The van der Waals surface area contributed by atoms with Crippen LogP contribution in [-0.2, 0) is 9.53 Å². The van der Waals surface area contributed by atoms with Gasteiger partial charge in [-0.1, -0.05) is 20.8 Å². The Kier molecular flexibility index (Phi) is 3.01. The van der Waals surface area contributed by atoms with Crippen LogP contribution in [0.3, 0.4) is 0 Å². The van der Waals surface area contributed by atoms with Gasteiger partial charge in [0.1, 0.15) is 6.10 Å². The summed E-state index contributed by atoms with van der Waals surface area (Å²) in [7, 11) is 1.58. The van der Waals surface area contributed by atoms with Gasteiger partial charge in [0.05, 0.1) is 0 Å². The number of amides is 1. The maximum absolute atomic E-state index is 11.9. The number of carbonyl (C=O) groups excluding carboxylic acids is 1. The largest absolute Gasteiger partial charge is 0.372 e. The highest BCUT2D eigenvalue weighted by molar-refractivity contribution is 5.80. The molecule has 3 heteroatoms. The molecule has 0 aliphatic heterocycles. The van der Waals surface area contributed by atoms with Crippen molar-refractivity contribution in [1.82, 2.24) is 5.32 Å². The third kappa shape index (κ3) is 1.70. The van der Waals surface area contributed by atoms with Crippen LogP contribution in [0.1, 0.15) is 47.0 Å². The van der Waals surface area contributed by atoms with Gasteiger partial charge >= 0.3 is 0 Å². The third-order valence-corrected chi connectivity index (χ3v) is 5.83. The second kappa shape index (κ2) is 3.98. The summed E-state index contributed by atoms with van der Waals surface area (Å²) in [6.07, 6.45) is 3.33. The summed E-state index contributed by atoms with van der Waals surface area (Å²) in [6, 6.07) is 0.321. The molecular weight excluding hydrogens is 214 g/mol. The molecule has 0 aromatic heterocycles. The van der Waals surface area contributed by atoms with Crippen LogP contribution < -0.4 is 5.32 Å². The number of hydrogen-bond donors (Lipinski definition) is 1. The van der Waals surface area contributed by atoms with E-state index in [0.717, 1.165) is 12.3 Å². The first-order valence-electron chi connectivity index (χ1n) is 6.66. The van der Waals surface area contributed by atoms with E-state index in [1.807, 2.05) is 0 Å². The minimum absolute atomic E-state index is 0.0297. The predicted molar refractivity (Wildman–Crippen MR) is 67.6 cm³/mol. The quantitative estimate of drug-likeness (QED) is 0.821. The lowest BCUT2D eigenvalue weighted by atomic mass is 9.69. The van der Waals surface area contributed by atoms with E-state index in [2.05, 4.69) is 26.1 Å². The SMILES string of the molecule is COC(C)C(=O)NC1CC2CCC1(C)C2(C)C. The molecule has 4 atom stereocenters. The zero-order valence-corrected chi connectivity index (χ0v) is 11.7. The molecule has 98 valence electrons. The molecule has 4 unspecified atom stereocenters. The normalized spacial score (nSPS) is 40.3. The van der Waals surface area contributed by atoms with Crippen molar-refractivity contribution in [3.05, 3.63) is 0 Å². The monoisotopic (exact) mass is 239 g/mol. The van der Waals surface area contributed by atoms with Gasteiger partial charge < -0.3 is 10.1 Å². The van der Waals surface area contributed by atoms with E-state index in [0.29, 0.717) is 11.5 Å². The Labute approximate surface area is 104 Å². The number of nitrogens with one attached hydrogen (secondary N) is 1. The number of methoxy groups -OCH3 is 1. The minimum Gasteiger partial charge on any atom is -0.372 e. The zero-order valence-electron chi connectivity index (χ0n) is 11.7. The van der Waals surface area contributed by atoms with Crippen LogP contribution in [0.2, 0.25) is 0 Å². The predicted octanol–water partition coefficient (Wildman–Crippen LogP) is 2.35. The maximum atomic E-state index is 11.9. The number of fused-ring (bicyclic) bond motifs is 2. The molecule has 0 spiro atoms. The van der Waals surface area contributed by atoms with Gasteiger partial charge in [0, 0.05) is 13.2 Å². The molecule has 0 radical (unpaired) electrons. The summed E-state index contributed by atoms with van der Waals surface area (Å²) in [4.78, 5) is 11.9. The summed E-state index contributed by atoms with van der Waals surface area (Å²) in [5.41, 5.74) is 0.599. The average molecular weight is 239 g/mol. The van der Waals surface area contributed by atoms with Crippen molar-refractivity contribution in [2.24, 2.45) is 16.7 Å². The summed E-state index contributed by atoms with van der Waals surface area (Å²) in [5, 5.41) is 3.19. The number of rotatable bonds is 3. The smallest absolute Gasteiger partial charge is 0.249 e. The molecule has 0 aromatic rings. The van der Waals surface area contributed by atoms with Crippen molar-refractivity contribution in [2.45, 2.75) is 59.1 Å². The fourth-order valence-electron chi connectivity index (χ4n) is 3.82. The van der Waals surface area contributed by atoms with Crippen LogP contribution >= 0.6 is 0 Å². The van der Waals surface area contributed by atoms with E-state index in [1.165, 1.54) is 12.8 Å². The van der Waals surface area contributed by atoms with E-state index in [9.17, 15) is 4.79 Å². The van der Waals surface area contributed by atoms with Crippen molar-refractivity contribution in [3.63, 3.8) is 0 Å². The zero-order chi connectivity index (χ0) is 12.8. The summed E-state index contributed by atoms with van der Waals surface area (Å²) >= 11 is 0. The van der Waals surface area contributed by atoms with Crippen LogP contribution in [-0.4, -0.2) is 25.2 Å². The number of hydrogen-bond acceptors (Lipinski definition) is 2. The highest BCUT2D eigenvalue weighted by Gasteiger charge is 2.61. The fourth-order valence-corrected chi connectivity index (χ4v) is 3.82. The van der Waals surface area contributed by atoms with E-state index >= 15 is 0 Å². The van der Waals surface area contributed by atoms with E-state index in [4.69, 9.17) is 4.74 Å². The Bertz CT molecular complexity index is 326. The fraction of sp³-hybridized carbons (Fsp3) is 0.929. The first kappa shape index (κ1) is 12.9. The first-order valence-corrected chi connectivity index (χ1v) is 6.66. The molecule has 2 aliphatic rings. The van der Waals surface area contributed by atoms with Gasteiger partial charge in [0.2, 0.25) is 5.91 Å². The van der Waals surface area contributed by atoms with Crippen molar-refractivity contribution < 1.29 is 9.53 Å². The second-order valence-electron chi connectivity index (χ2n) is 6.55. The molecular formula is C14H25NO2. The van der Waals surface area contributed by atoms with Gasteiger partial charge in [0.25, 0.3) is 0 Å². The van der Waals surface area contributed by atoms with Gasteiger partial charge in [-0.15, -0.1) is 0 Å². The molecule has 2 aliphatic carbocycles. The van der Waals surface area contributed by atoms with Gasteiger partial charge in [-0.3, -0.25) is 4.79 Å². The standard InChI is InChI=1S/C14H25NO2/c1-9(17-5)12(16)15-11-8-10-6-7-14(11,4)13(10,2)3/h9-11H,6-8H2,1-5H3,(H,15,16). The first-order chi connectivity index (χ1) is 7.83. The van der Waals surface area contributed by atoms with Crippen LogP contribution in [0, 0.1) is 16.7 Å². The molecule has 0 saturated heterocycles. The molecule has 1 amide bonds. The van der Waals surface area contributed by atoms with E-state index < -0.39 is 0 Å². The Morgan fingerprint density at radius 3 is 2.47 bits per heavy atom. The highest BCUT2D eigenvalue weighted by Crippen LogP contribution is 2.65. The van der Waals surface area contributed by atoms with Crippen LogP contribution in [0.15, 0.2) is 0 Å². The Hall–Kier alpha value is -0.570. The number of carbonyl (C=O) groups is 1. The van der Waals surface area contributed by atoms with Gasteiger partial charge in [-0.2, -0.15) is 0 Å². The van der Waals surface area contributed by atoms with Gasteiger partial charge in [-0.05, 0) is 42.9 Å². The van der Waals surface area contributed by atoms with Crippen LogP contribution in [0.25, 0.3) is 0 Å². The van der Waals surface area contributed by atoms with Crippen molar-refractivity contribution >= 4 is 5.91 Å². The molecule has 0 heterocycles. The maximum Gasteiger partial charge on any atom is 0.249 e. The highest BCUT2D eigenvalue weighted by atomic mass is 16.5. The third-order valence-electron chi connectivity index (χ3n) is 5.83. The second-order valence-corrected chi connectivity index (χ2v) is 6.55. The van der Waals surface area contributed by atoms with E-state index in [1.54, 1.807) is 14.0 Å². The van der Waals surface area contributed by atoms with Crippen LogP contribution in [0.5, 0.6) is 0 Å². The summed E-state index contributed by atoms with van der Waals surface area (Å²) in [5.74, 6) is 0.790. The lowest BCUT2D eigenvalue weighted by Gasteiger charge is -2.39. The molecule has 2 fully saturated rings. The molecule has 1 N–H and O–H groups in total. The molecule has 2 saturated carbocycles. The topological polar surface area (TPSA) is 38.3 Å². The van der Waals surface area contributed by atoms with Gasteiger partial charge in [-0.25, -0.2) is 0 Å². The molecule has 17 heavy (non-hydrogen) atoms. The summed E-state index contributed by atoms with van der Waals surface area (Å²) in [6.45, 7) is 8.85. The summed E-state index contributed by atoms with van der Waals surface area (Å²) < 4.78 is 5.08. The van der Waals surface area contributed by atoms with E-state index in [-0.39, 0.29) is 17.4 Å². The Balaban J connectivity index is 2.08. The van der Waals surface area contributed by atoms with Crippen molar-refractivity contribution in [2.75, 3.05) is 7.11 Å². The molecule has 2 rings (SSSR count). The minimum atomic E-state index is -0.346. The Morgan fingerprint density at radius 1 is 1.41 bits per heavy atom. The average Bonchev–Trinajstić information content (AvgIpc) is 2.60. The number of ether oxygens (including phenoxy) is 1.